The number of allylic oxidation sites excluding steroid dienone is 2. The minimum atomic E-state index is -3.26. The molecule has 5 rings (SSSR count). The van der Waals surface area contributed by atoms with E-state index in [1.54, 1.807) is 24.4 Å². The fourth-order valence-corrected chi connectivity index (χ4v) is 6.12. The highest BCUT2D eigenvalue weighted by Crippen LogP contribution is 2.35. The van der Waals surface area contributed by atoms with E-state index in [0.717, 1.165) is 12.8 Å². The predicted octanol–water partition coefficient (Wildman–Crippen LogP) is 3.94. The first-order valence-electron chi connectivity index (χ1n) is 12.6. The van der Waals surface area contributed by atoms with Crippen molar-refractivity contribution in [3.63, 3.8) is 0 Å². The largest absolute Gasteiger partial charge is 0.365 e. The summed E-state index contributed by atoms with van der Waals surface area (Å²) in [6.45, 7) is 2.20. The molecule has 2 aromatic rings. The Balaban J connectivity index is 1.42. The van der Waals surface area contributed by atoms with Crippen molar-refractivity contribution < 1.29 is 22.2 Å². The summed E-state index contributed by atoms with van der Waals surface area (Å²) in [4.78, 5) is 32.5. The summed E-state index contributed by atoms with van der Waals surface area (Å²) >= 11 is 16.0. The number of carbonyl (C=O) groups is 2. The third-order valence-electron chi connectivity index (χ3n) is 6.90. The van der Waals surface area contributed by atoms with Crippen LogP contribution in [0.3, 0.4) is 0 Å². The Kier molecular flexibility index (Phi) is 8.88. The number of rotatable bonds is 8. The molecule has 1 aromatic carbocycles. The van der Waals surface area contributed by atoms with E-state index in [1.807, 2.05) is 6.92 Å². The van der Waals surface area contributed by atoms with Crippen molar-refractivity contribution in [2.75, 3.05) is 18.4 Å². The molecule has 2 unspecified atom stereocenters. The average Bonchev–Trinajstić information content (AvgIpc) is 3.67. The van der Waals surface area contributed by atoms with Crippen LogP contribution >= 0.6 is 39.1 Å². The Morgan fingerprint density at radius 3 is 2.71 bits per heavy atom. The van der Waals surface area contributed by atoms with Gasteiger partial charge in [0.05, 0.1) is 34.4 Å². The molecule has 216 valence electrons. The van der Waals surface area contributed by atoms with Gasteiger partial charge in [-0.2, -0.15) is 13.5 Å². The maximum atomic E-state index is 13.5. The van der Waals surface area contributed by atoms with Crippen LogP contribution in [-0.2, 0) is 20.0 Å². The molecule has 3 aliphatic rings. The van der Waals surface area contributed by atoms with Crippen LogP contribution in [-0.4, -0.2) is 55.1 Å². The van der Waals surface area contributed by atoms with Crippen molar-refractivity contribution in [3.8, 4) is 0 Å². The highest BCUT2D eigenvalue weighted by Gasteiger charge is 2.36. The molecule has 3 heterocycles. The summed E-state index contributed by atoms with van der Waals surface area (Å²) in [5, 5.41) is 10.9. The van der Waals surface area contributed by atoms with Gasteiger partial charge in [-0.15, -0.1) is 0 Å². The number of hydrogen-bond donors (Lipinski definition) is 4. The van der Waals surface area contributed by atoms with E-state index in [1.165, 1.54) is 23.1 Å². The lowest BCUT2D eigenvalue weighted by Gasteiger charge is -2.30. The van der Waals surface area contributed by atoms with Crippen molar-refractivity contribution in [1.82, 2.24) is 20.6 Å². The molecule has 0 saturated heterocycles. The number of anilines is 1. The molecule has 0 bridgehead atoms. The third-order valence-corrected chi connectivity index (χ3v) is 8.40. The third kappa shape index (κ3) is 6.69. The van der Waals surface area contributed by atoms with Gasteiger partial charge >= 0.3 is 11.0 Å². The van der Waals surface area contributed by atoms with Crippen molar-refractivity contribution in [2.45, 2.75) is 31.7 Å². The van der Waals surface area contributed by atoms with Crippen molar-refractivity contribution in [3.05, 3.63) is 79.8 Å². The molecule has 1 aliphatic carbocycles. The number of thiol groups is 1. The lowest BCUT2D eigenvalue weighted by Crippen LogP contribution is -2.40. The monoisotopic (exact) mass is 682 g/mol. The van der Waals surface area contributed by atoms with Gasteiger partial charge in [-0.05, 0) is 72.0 Å². The van der Waals surface area contributed by atoms with Crippen molar-refractivity contribution in [2.24, 2.45) is 11.0 Å². The van der Waals surface area contributed by atoms with E-state index in [2.05, 4.69) is 42.1 Å². The quantitative estimate of drug-likeness (QED) is 0.307. The number of nitrogens with one attached hydrogen (secondary N) is 3. The lowest BCUT2D eigenvalue weighted by atomic mass is 10.0. The molecule has 1 aromatic heterocycles. The van der Waals surface area contributed by atoms with Crippen LogP contribution in [0.1, 0.15) is 41.7 Å². The highest BCUT2D eigenvalue weighted by molar-refractivity contribution is 9.10. The van der Waals surface area contributed by atoms with Gasteiger partial charge in [0.1, 0.15) is 5.84 Å². The molecular weight excluding hydrogens is 659 g/mol. The molecule has 0 spiro atoms. The maximum Gasteiger partial charge on any atom is 0.300 e. The van der Waals surface area contributed by atoms with E-state index in [9.17, 15) is 18.0 Å². The summed E-state index contributed by atoms with van der Waals surface area (Å²) in [5.74, 6) is -0.575. The summed E-state index contributed by atoms with van der Waals surface area (Å²) in [6.07, 6.45) is 6.52. The first kappa shape index (κ1) is 29.4. The van der Waals surface area contributed by atoms with Crippen molar-refractivity contribution in [1.29, 1.82) is 0 Å². The zero-order valence-electron chi connectivity index (χ0n) is 21.6. The smallest absolute Gasteiger partial charge is 0.300 e. The van der Waals surface area contributed by atoms with Gasteiger partial charge in [0.25, 0.3) is 11.8 Å². The lowest BCUT2D eigenvalue weighted by molar-refractivity contribution is -0.113. The first-order chi connectivity index (χ1) is 19.6. The van der Waals surface area contributed by atoms with E-state index < -0.39 is 22.8 Å². The zero-order valence-corrected chi connectivity index (χ0v) is 25.6. The minimum absolute atomic E-state index is 0.0177. The van der Waals surface area contributed by atoms with Crippen LogP contribution < -0.4 is 16.1 Å². The van der Waals surface area contributed by atoms with Gasteiger partial charge in [-0.25, -0.2) is 0 Å². The van der Waals surface area contributed by atoms with Crippen LogP contribution in [0.5, 0.6) is 0 Å². The second kappa shape index (κ2) is 12.4. The Morgan fingerprint density at radius 2 is 2.00 bits per heavy atom. The summed E-state index contributed by atoms with van der Waals surface area (Å²) in [5.41, 5.74) is 4.13. The van der Waals surface area contributed by atoms with Gasteiger partial charge in [0.15, 0.2) is 0 Å². The maximum absolute atomic E-state index is 13.5. The summed E-state index contributed by atoms with van der Waals surface area (Å²) in [6, 6.07) is 6.45. The number of amides is 2. The van der Waals surface area contributed by atoms with E-state index in [0.29, 0.717) is 38.5 Å². The molecule has 3 N–H and O–H groups in total. The molecule has 15 heteroatoms. The van der Waals surface area contributed by atoms with Crippen LogP contribution in [0.25, 0.3) is 0 Å². The number of carbonyl (C=O) groups excluding carboxylic acids is 2. The highest BCUT2D eigenvalue weighted by atomic mass is 79.9. The number of hydrazone groups is 1. The molecule has 2 atom stereocenters. The van der Waals surface area contributed by atoms with Gasteiger partial charge in [-0.3, -0.25) is 19.5 Å². The Morgan fingerprint density at radius 1 is 1.22 bits per heavy atom. The minimum Gasteiger partial charge on any atom is -0.365 e. The molecule has 0 radical (unpaired) electrons. The molecule has 1 fully saturated rings. The second-order valence-corrected chi connectivity index (χ2v) is 12.0. The average molecular weight is 684 g/mol. The molecule has 2 amide bonds. The van der Waals surface area contributed by atoms with Crippen LogP contribution in [0.2, 0.25) is 10.0 Å². The number of aromatic nitrogens is 1. The second-order valence-electron chi connectivity index (χ2n) is 9.72. The number of benzene rings is 1. The number of hydrogen-bond acceptors (Lipinski definition) is 9. The number of halogens is 3. The molecule has 2 aliphatic heterocycles. The predicted molar refractivity (Wildman–Crippen MR) is 159 cm³/mol. The first-order valence-corrected chi connectivity index (χ1v) is 15.3. The zero-order chi connectivity index (χ0) is 29.3. The van der Waals surface area contributed by atoms with Gasteiger partial charge in [0, 0.05) is 39.9 Å². The fraction of sp³-hybridized carbons (Fsp3) is 0.308. The van der Waals surface area contributed by atoms with Crippen LogP contribution in [0, 0.1) is 5.92 Å². The summed E-state index contributed by atoms with van der Waals surface area (Å²) in [7, 11) is -3.26. The molecule has 1 saturated carbocycles. The van der Waals surface area contributed by atoms with E-state index >= 15 is 0 Å². The van der Waals surface area contributed by atoms with Gasteiger partial charge in [0.2, 0.25) is 5.88 Å². The Hall–Kier alpha value is -3.13. The standard InChI is InChI=1S/C26H25BrCl2N6O5S/c1-13(14-4-5-14)32-26(37)17-9-16(28)10-19(27)22(17)33-25(36)15-6-7-21(40-41(38)39)35(12-15)24-18(11-31-34-24)23-20(29)3-2-8-30-23/h2-3,6-10,13-14,18,31,41H,4-5,11-12H2,1H3,(H,32,37)(H,33,36). The summed E-state index contributed by atoms with van der Waals surface area (Å²) < 4.78 is 28.4. The topological polar surface area (TPSA) is 142 Å². The number of pyridine rings is 1. The van der Waals surface area contributed by atoms with E-state index in [4.69, 9.17) is 27.4 Å². The Labute approximate surface area is 256 Å². The molecule has 41 heavy (non-hydrogen) atoms. The molecular formula is C26H25BrCl2N6O5S. The van der Waals surface area contributed by atoms with Gasteiger partial charge < -0.3 is 20.2 Å². The van der Waals surface area contributed by atoms with Crippen LogP contribution in [0.4, 0.5) is 5.69 Å². The van der Waals surface area contributed by atoms with Crippen molar-refractivity contribution >= 4 is 73.5 Å². The number of amidine groups is 1. The number of nitrogens with zero attached hydrogens (tertiary/aromatic N) is 3. The molecule has 11 nitrogen and oxygen atoms in total. The van der Waals surface area contributed by atoms with Crippen LogP contribution in [0.15, 0.2) is 63.6 Å². The fourth-order valence-electron chi connectivity index (χ4n) is 4.64. The van der Waals surface area contributed by atoms with Gasteiger partial charge in [-0.1, -0.05) is 23.2 Å². The normalized spacial score (nSPS) is 19.1. The SMILES string of the molecule is CC(NC(=O)c1cc(Cl)cc(Br)c1NC(=O)C1=CC=C(O[SH](=O)=O)N(C2=NNCC2c2ncccc2Cl)C1)C1CC1. The Bertz CT molecular complexity index is 1570. The van der Waals surface area contributed by atoms with E-state index in [-0.39, 0.29) is 41.2 Å².